The minimum Gasteiger partial charge on any atom is -0.507 e. The van der Waals surface area contributed by atoms with Crippen molar-refractivity contribution in [2.45, 2.75) is 46.6 Å². The molecule has 0 saturated heterocycles. The van der Waals surface area contributed by atoms with Crippen molar-refractivity contribution < 1.29 is 9.67 Å². The van der Waals surface area contributed by atoms with Crippen molar-refractivity contribution >= 4 is 10.8 Å². The Morgan fingerprint density at radius 2 is 1.83 bits per heavy atom. The van der Waals surface area contributed by atoms with Crippen LogP contribution in [0.3, 0.4) is 0 Å². The van der Waals surface area contributed by atoms with Gasteiger partial charge in [0.1, 0.15) is 5.75 Å². The van der Waals surface area contributed by atoms with Gasteiger partial charge in [0.05, 0.1) is 0 Å². The molecule has 1 N–H and O–H groups in total. The third-order valence-corrected chi connectivity index (χ3v) is 3.59. The summed E-state index contributed by atoms with van der Waals surface area (Å²) in [7, 11) is 0. The topological polar surface area (TPSA) is 24.1 Å². The van der Waals surface area contributed by atoms with E-state index in [1.165, 1.54) is 5.56 Å². The van der Waals surface area contributed by atoms with Gasteiger partial charge in [0.2, 0.25) is 0 Å². The van der Waals surface area contributed by atoms with Gasteiger partial charge in [-0.1, -0.05) is 13.8 Å². The van der Waals surface area contributed by atoms with Gasteiger partial charge in [0.15, 0.2) is 18.4 Å². The number of aromatic nitrogens is 1. The summed E-state index contributed by atoms with van der Waals surface area (Å²) in [6.07, 6.45) is 4.15. The second-order valence-electron chi connectivity index (χ2n) is 5.58. The van der Waals surface area contributed by atoms with Gasteiger partial charge in [-0.05, 0) is 43.9 Å². The standard InChI is InChI=1S/C16H21NO/c1-10(2)15-8-13-9-17(11(3)4)7-6-14(13)16(18)12(15)5/h6-11H,1-5H3/p+1. The molecule has 0 fully saturated rings. The lowest BCUT2D eigenvalue weighted by molar-refractivity contribution is -0.715. The zero-order chi connectivity index (χ0) is 13.4. The molecule has 0 atom stereocenters. The second kappa shape index (κ2) is 4.60. The van der Waals surface area contributed by atoms with Crippen LogP contribution in [0.15, 0.2) is 24.5 Å². The first-order chi connectivity index (χ1) is 8.41. The van der Waals surface area contributed by atoms with Crippen LogP contribution in [-0.2, 0) is 0 Å². The molecule has 0 saturated carbocycles. The van der Waals surface area contributed by atoms with E-state index >= 15 is 0 Å². The van der Waals surface area contributed by atoms with Crippen LogP contribution in [0.25, 0.3) is 10.8 Å². The van der Waals surface area contributed by atoms with E-state index in [1.807, 2.05) is 19.2 Å². The van der Waals surface area contributed by atoms with E-state index in [0.717, 1.165) is 16.3 Å². The van der Waals surface area contributed by atoms with Crippen molar-refractivity contribution in [1.29, 1.82) is 0 Å². The molecule has 0 bridgehead atoms. The van der Waals surface area contributed by atoms with Gasteiger partial charge in [0.25, 0.3) is 0 Å². The summed E-state index contributed by atoms with van der Waals surface area (Å²) in [6, 6.07) is 4.63. The molecular formula is C16H22NO+. The quantitative estimate of drug-likeness (QED) is 0.797. The summed E-state index contributed by atoms with van der Waals surface area (Å²) < 4.78 is 2.17. The second-order valence-corrected chi connectivity index (χ2v) is 5.58. The van der Waals surface area contributed by atoms with Gasteiger partial charge in [-0.15, -0.1) is 0 Å². The molecule has 1 heterocycles. The lowest BCUT2D eigenvalue weighted by atomic mass is 9.94. The van der Waals surface area contributed by atoms with Crippen LogP contribution >= 0.6 is 0 Å². The number of benzene rings is 1. The lowest BCUT2D eigenvalue weighted by Gasteiger charge is -2.13. The first-order valence-corrected chi connectivity index (χ1v) is 6.58. The Balaban J connectivity index is 2.75. The maximum absolute atomic E-state index is 10.3. The van der Waals surface area contributed by atoms with Gasteiger partial charge < -0.3 is 5.11 Å². The fourth-order valence-electron chi connectivity index (χ4n) is 2.40. The molecule has 1 aromatic heterocycles. The van der Waals surface area contributed by atoms with Crippen molar-refractivity contribution in [1.82, 2.24) is 0 Å². The molecule has 0 aliphatic heterocycles. The number of aromatic hydroxyl groups is 1. The summed E-state index contributed by atoms with van der Waals surface area (Å²) in [5.74, 6) is 0.847. The summed E-state index contributed by atoms with van der Waals surface area (Å²) >= 11 is 0. The van der Waals surface area contributed by atoms with Gasteiger partial charge in [-0.2, -0.15) is 0 Å². The average Bonchev–Trinajstić information content (AvgIpc) is 2.32. The molecule has 0 aliphatic carbocycles. The predicted molar refractivity (Wildman–Crippen MR) is 75.0 cm³/mol. The minimum absolute atomic E-state index is 0.423. The molecular weight excluding hydrogens is 222 g/mol. The molecule has 0 radical (unpaired) electrons. The van der Waals surface area contributed by atoms with E-state index in [-0.39, 0.29) is 0 Å². The van der Waals surface area contributed by atoms with Crippen molar-refractivity contribution in [3.63, 3.8) is 0 Å². The molecule has 0 spiro atoms. The molecule has 0 aliphatic rings. The van der Waals surface area contributed by atoms with Crippen LogP contribution in [0.4, 0.5) is 0 Å². The number of fused-ring (bicyclic) bond motifs is 1. The van der Waals surface area contributed by atoms with Crippen molar-refractivity contribution in [2.75, 3.05) is 0 Å². The molecule has 2 rings (SSSR count). The van der Waals surface area contributed by atoms with E-state index < -0.39 is 0 Å². The van der Waals surface area contributed by atoms with Gasteiger partial charge in [0, 0.05) is 16.8 Å². The van der Waals surface area contributed by atoms with Crippen molar-refractivity contribution in [2.24, 2.45) is 0 Å². The molecule has 18 heavy (non-hydrogen) atoms. The molecule has 2 aromatic rings. The zero-order valence-corrected chi connectivity index (χ0v) is 11.9. The number of pyridine rings is 1. The molecule has 0 amide bonds. The summed E-state index contributed by atoms with van der Waals surface area (Å²) in [5.41, 5.74) is 2.22. The third-order valence-electron chi connectivity index (χ3n) is 3.59. The number of phenolic OH excluding ortho intramolecular Hbond substituents is 1. The van der Waals surface area contributed by atoms with E-state index in [9.17, 15) is 5.11 Å². The number of nitrogens with zero attached hydrogens (tertiary/aromatic N) is 1. The molecule has 96 valence electrons. The number of hydrogen-bond acceptors (Lipinski definition) is 1. The van der Waals surface area contributed by atoms with Crippen LogP contribution in [0.5, 0.6) is 5.75 Å². The highest BCUT2D eigenvalue weighted by Crippen LogP contribution is 2.33. The maximum atomic E-state index is 10.3. The Kier molecular flexibility index (Phi) is 3.29. The normalized spacial score (nSPS) is 11.7. The highest BCUT2D eigenvalue weighted by molar-refractivity contribution is 5.89. The smallest absolute Gasteiger partial charge is 0.177 e. The molecule has 0 unspecified atom stereocenters. The van der Waals surface area contributed by atoms with E-state index in [1.54, 1.807) is 0 Å². The predicted octanol–water partition coefficient (Wildman–Crippen LogP) is 3.85. The Morgan fingerprint density at radius 1 is 1.17 bits per heavy atom. The summed E-state index contributed by atoms with van der Waals surface area (Å²) in [4.78, 5) is 0. The van der Waals surface area contributed by atoms with Gasteiger partial charge in [-0.25, -0.2) is 4.57 Å². The molecule has 2 heteroatoms. The fraction of sp³-hybridized carbons (Fsp3) is 0.438. The average molecular weight is 244 g/mol. The first kappa shape index (κ1) is 12.9. The number of hydrogen-bond donors (Lipinski definition) is 1. The SMILES string of the molecule is Cc1c(C(C)C)cc2c[n+](C(C)C)ccc2c1O. The number of phenols is 1. The Labute approximate surface area is 109 Å². The zero-order valence-electron chi connectivity index (χ0n) is 11.9. The van der Waals surface area contributed by atoms with Crippen LogP contribution in [0.2, 0.25) is 0 Å². The fourth-order valence-corrected chi connectivity index (χ4v) is 2.40. The van der Waals surface area contributed by atoms with Crippen molar-refractivity contribution in [3.05, 3.63) is 35.7 Å². The van der Waals surface area contributed by atoms with Crippen molar-refractivity contribution in [3.8, 4) is 5.75 Å². The molecule has 1 aromatic carbocycles. The van der Waals surface area contributed by atoms with Gasteiger partial charge in [-0.3, -0.25) is 0 Å². The third kappa shape index (κ3) is 2.07. The maximum Gasteiger partial charge on any atom is 0.177 e. The molecule has 2 nitrogen and oxygen atoms in total. The van der Waals surface area contributed by atoms with Crippen LogP contribution in [0, 0.1) is 6.92 Å². The Morgan fingerprint density at radius 3 is 2.39 bits per heavy atom. The Hall–Kier alpha value is -1.57. The van der Waals surface area contributed by atoms with E-state index in [0.29, 0.717) is 17.7 Å². The van der Waals surface area contributed by atoms with E-state index in [2.05, 4.69) is 44.5 Å². The number of rotatable bonds is 2. The summed E-state index contributed by atoms with van der Waals surface area (Å²) in [6.45, 7) is 10.6. The highest BCUT2D eigenvalue weighted by Gasteiger charge is 2.15. The van der Waals surface area contributed by atoms with Crippen LogP contribution in [0.1, 0.15) is 50.8 Å². The lowest BCUT2D eigenvalue weighted by Crippen LogP contribution is -2.34. The Bertz CT molecular complexity index is 585. The van der Waals surface area contributed by atoms with E-state index in [4.69, 9.17) is 0 Å². The van der Waals surface area contributed by atoms with Crippen LogP contribution < -0.4 is 4.57 Å². The largest absolute Gasteiger partial charge is 0.507 e. The highest BCUT2D eigenvalue weighted by atomic mass is 16.3. The minimum atomic E-state index is 0.423. The summed E-state index contributed by atoms with van der Waals surface area (Å²) in [5, 5.41) is 12.4. The first-order valence-electron chi connectivity index (χ1n) is 6.58. The monoisotopic (exact) mass is 244 g/mol. The van der Waals surface area contributed by atoms with Crippen LogP contribution in [-0.4, -0.2) is 5.11 Å². The van der Waals surface area contributed by atoms with Gasteiger partial charge >= 0.3 is 0 Å².